The Balaban J connectivity index is 2.44. The molecular formula is C14H19NO6. The summed E-state index contributed by atoms with van der Waals surface area (Å²) in [4.78, 5) is 21.9. The molecule has 0 saturated heterocycles. The van der Waals surface area contributed by atoms with Gasteiger partial charge in [0.05, 0.1) is 46.0 Å². The van der Waals surface area contributed by atoms with E-state index in [4.69, 9.17) is 15.2 Å². The highest BCUT2D eigenvalue weighted by Crippen LogP contribution is 2.26. The molecule has 0 amide bonds. The van der Waals surface area contributed by atoms with E-state index >= 15 is 0 Å². The molecule has 1 aromatic rings. The third kappa shape index (κ3) is 6.03. The number of benzene rings is 1. The van der Waals surface area contributed by atoms with Gasteiger partial charge >= 0.3 is 11.9 Å². The molecule has 7 nitrogen and oxygen atoms in total. The molecule has 0 bridgehead atoms. The average Bonchev–Trinajstić information content (AvgIpc) is 2.48. The van der Waals surface area contributed by atoms with Gasteiger partial charge in [0.15, 0.2) is 0 Å². The summed E-state index contributed by atoms with van der Waals surface area (Å²) >= 11 is 0. The van der Waals surface area contributed by atoms with Crippen LogP contribution in [0.3, 0.4) is 0 Å². The lowest BCUT2D eigenvalue weighted by molar-refractivity contribution is -0.142. The number of hydrogen-bond donors (Lipinski definition) is 1. The molecule has 0 aliphatic heterocycles. The smallest absolute Gasteiger partial charge is 0.308 e. The second kappa shape index (κ2) is 8.68. The number of rotatable bonds is 8. The number of nitrogens with two attached hydrogens (primary N) is 1. The highest BCUT2D eigenvalue weighted by Gasteiger charge is 2.06. The molecule has 0 fully saturated rings. The normalized spacial score (nSPS) is 9.81. The maximum absolute atomic E-state index is 10.9. The van der Waals surface area contributed by atoms with Crippen molar-refractivity contribution in [2.75, 3.05) is 33.2 Å². The van der Waals surface area contributed by atoms with E-state index in [1.54, 1.807) is 18.2 Å². The molecule has 21 heavy (non-hydrogen) atoms. The topological polar surface area (TPSA) is 97.1 Å². The molecular weight excluding hydrogens is 278 g/mol. The van der Waals surface area contributed by atoms with Crippen LogP contribution in [0.2, 0.25) is 0 Å². The summed E-state index contributed by atoms with van der Waals surface area (Å²) in [5.74, 6) is 0.290. The molecule has 1 aromatic carbocycles. The maximum Gasteiger partial charge on any atom is 0.308 e. The van der Waals surface area contributed by atoms with Gasteiger partial charge in [-0.05, 0) is 12.1 Å². The van der Waals surface area contributed by atoms with Crippen LogP contribution in [0.4, 0.5) is 5.69 Å². The Labute approximate surface area is 122 Å². The summed E-state index contributed by atoms with van der Waals surface area (Å²) in [5.41, 5.74) is 6.20. The lowest BCUT2D eigenvalue weighted by Gasteiger charge is -2.11. The number of carbonyl (C=O) groups is 2. The Morgan fingerprint density at radius 3 is 2.10 bits per heavy atom. The number of carbonyl (C=O) groups excluding carboxylic acids is 2. The zero-order chi connectivity index (χ0) is 15.7. The molecule has 116 valence electrons. The van der Waals surface area contributed by atoms with Crippen molar-refractivity contribution in [3.05, 3.63) is 18.2 Å². The molecule has 0 aromatic heterocycles. The molecule has 0 radical (unpaired) electrons. The van der Waals surface area contributed by atoms with E-state index in [0.717, 1.165) is 0 Å². The minimum Gasteiger partial charge on any atom is -0.493 e. The number of nitrogen functional groups attached to an aromatic ring is 1. The molecule has 7 heteroatoms. The van der Waals surface area contributed by atoms with Crippen LogP contribution in [-0.4, -0.2) is 39.4 Å². The van der Waals surface area contributed by atoms with Gasteiger partial charge in [-0.25, -0.2) is 0 Å². The van der Waals surface area contributed by atoms with E-state index in [9.17, 15) is 9.59 Å². The zero-order valence-corrected chi connectivity index (χ0v) is 12.1. The van der Waals surface area contributed by atoms with Crippen LogP contribution >= 0.6 is 0 Å². The fourth-order valence-electron chi connectivity index (χ4n) is 1.45. The fraction of sp³-hybridized carbons (Fsp3) is 0.429. The third-order valence-electron chi connectivity index (χ3n) is 2.58. The Bertz CT molecular complexity index is 488. The minimum atomic E-state index is -0.351. The molecule has 0 heterocycles. The van der Waals surface area contributed by atoms with Gasteiger partial charge in [-0.3, -0.25) is 9.59 Å². The van der Waals surface area contributed by atoms with E-state index < -0.39 is 0 Å². The summed E-state index contributed by atoms with van der Waals surface area (Å²) in [6, 6.07) is 4.89. The van der Waals surface area contributed by atoms with Gasteiger partial charge in [0.1, 0.15) is 11.5 Å². The minimum absolute atomic E-state index is 0.146. The highest BCUT2D eigenvalue weighted by atomic mass is 16.5. The monoisotopic (exact) mass is 297 g/mol. The quantitative estimate of drug-likeness (QED) is 0.568. The van der Waals surface area contributed by atoms with E-state index in [-0.39, 0.29) is 38.0 Å². The maximum atomic E-state index is 10.9. The molecule has 0 aliphatic carbocycles. The Kier molecular flexibility index (Phi) is 6.86. The summed E-state index contributed by atoms with van der Waals surface area (Å²) < 4.78 is 19.7. The first-order valence-electron chi connectivity index (χ1n) is 6.35. The second-order valence-electron chi connectivity index (χ2n) is 4.05. The summed E-state index contributed by atoms with van der Waals surface area (Å²) in [7, 11) is 2.64. The summed E-state index contributed by atoms with van der Waals surface area (Å²) in [5, 5.41) is 0. The van der Waals surface area contributed by atoms with Crippen LogP contribution in [-0.2, 0) is 19.1 Å². The third-order valence-corrected chi connectivity index (χ3v) is 2.58. The number of anilines is 1. The Morgan fingerprint density at radius 2 is 1.57 bits per heavy atom. The van der Waals surface area contributed by atoms with Crippen molar-refractivity contribution < 1.29 is 28.5 Å². The first-order valence-corrected chi connectivity index (χ1v) is 6.35. The largest absolute Gasteiger partial charge is 0.493 e. The van der Waals surface area contributed by atoms with E-state index in [2.05, 4.69) is 9.47 Å². The average molecular weight is 297 g/mol. The zero-order valence-electron chi connectivity index (χ0n) is 12.1. The van der Waals surface area contributed by atoms with Crippen molar-refractivity contribution in [2.45, 2.75) is 12.8 Å². The van der Waals surface area contributed by atoms with E-state index in [1.165, 1.54) is 14.2 Å². The van der Waals surface area contributed by atoms with Crippen molar-refractivity contribution in [3.63, 3.8) is 0 Å². The first kappa shape index (κ1) is 16.6. The van der Waals surface area contributed by atoms with Gasteiger partial charge in [0.25, 0.3) is 0 Å². The number of ether oxygens (including phenoxy) is 4. The van der Waals surface area contributed by atoms with Crippen molar-refractivity contribution in [1.82, 2.24) is 0 Å². The molecule has 1 rings (SSSR count). The molecule has 2 N–H and O–H groups in total. The lowest BCUT2D eigenvalue weighted by Crippen LogP contribution is -2.09. The van der Waals surface area contributed by atoms with E-state index in [0.29, 0.717) is 17.2 Å². The molecule has 0 atom stereocenters. The SMILES string of the molecule is COC(=O)CCOc1ccc(OCCC(=O)OC)c(N)c1. The summed E-state index contributed by atoms with van der Waals surface area (Å²) in [6.07, 6.45) is 0.307. The van der Waals surface area contributed by atoms with Crippen LogP contribution in [0.15, 0.2) is 18.2 Å². The van der Waals surface area contributed by atoms with Crippen molar-refractivity contribution in [2.24, 2.45) is 0 Å². The van der Waals surface area contributed by atoms with Gasteiger partial charge in [0.2, 0.25) is 0 Å². The van der Waals surface area contributed by atoms with Crippen LogP contribution in [0.1, 0.15) is 12.8 Å². The van der Waals surface area contributed by atoms with Crippen LogP contribution in [0.5, 0.6) is 11.5 Å². The molecule has 0 saturated carbocycles. The van der Waals surface area contributed by atoms with E-state index in [1.807, 2.05) is 0 Å². The Hall–Kier alpha value is -2.44. The van der Waals surface area contributed by atoms with Crippen LogP contribution in [0.25, 0.3) is 0 Å². The van der Waals surface area contributed by atoms with Gasteiger partial charge < -0.3 is 24.7 Å². The highest BCUT2D eigenvalue weighted by molar-refractivity contribution is 5.69. The fourth-order valence-corrected chi connectivity index (χ4v) is 1.45. The van der Waals surface area contributed by atoms with Gasteiger partial charge in [0, 0.05) is 6.07 Å². The van der Waals surface area contributed by atoms with Crippen molar-refractivity contribution >= 4 is 17.6 Å². The number of esters is 2. The standard InChI is InChI=1S/C14H19NO6/c1-18-13(16)5-7-20-10-3-4-12(11(15)9-10)21-8-6-14(17)19-2/h3-4,9H,5-8,15H2,1-2H3. The van der Waals surface area contributed by atoms with Crippen molar-refractivity contribution in [1.29, 1.82) is 0 Å². The first-order chi connectivity index (χ1) is 10.1. The van der Waals surface area contributed by atoms with Gasteiger partial charge in [-0.1, -0.05) is 0 Å². The molecule has 0 spiro atoms. The van der Waals surface area contributed by atoms with Crippen molar-refractivity contribution in [3.8, 4) is 11.5 Å². The van der Waals surface area contributed by atoms with Crippen LogP contribution in [0, 0.1) is 0 Å². The summed E-state index contributed by atoms with van der Waals surface area (Å²) in [6.45, 7) is 0.383. The number of methoxy groups -OCH3 is 2. The van der Waals surface area contributed by atoms with Gasteiger partial charge in [-0.2, -0.15) is 0 Å². The predicted molar refractivity (Wildman–Crippen MR) is 75.1 cm³/mol. The predicted octanol–water partition coefficient (Wildman–Crippen LogP) is 1.15. The number of hydrogen-bond acceptors (Lipinski definition) is 7. The second-order valence-corrected chi connectivity index (χ2v) is 4.05. The molecule has 0 unspecified atom stereocenters. The van der Waals surface area contributed by atoms with Crippen LogP contribution < -0.4 is 15.2 Å². The Morgan fingerprint density at radius 1 is 1.00 bits per heavy atom. The van der Waals surface area contributed by atoms with Gasteiger partial charge in [-0.15, -0.1) is 0 Å². The lowest BCUT2D eigenvalue weighted by atomic mass is 10.3. The molecule has 0 aliphatic rings.